The fourth-order valence-electron chi connectivity index (χ4n) is 2.00. The van der Waals surface area contributed by atoms with Crippen LogP contribution in [0.15, 0.2) is 28.8 Å². The maximum absolute atomic E-state index is 6.02. The van der Waals surface area contributed by atoms with Gasteiger partial charge in [-0.25, -0.2) is 0 Å². The van der Waals surface area contributed by atoms with Crippen LogP contribution in [0.2, 0.25) is 0 Å². The highest BCUT2D eigenvalue weighted by atomic mass is 16.5. The summed E-state index contributed by atoms with van der Waals surface area (Å²) in [5, 5.41) is 3.99. The summed E-state index contributed by atoms with van der Waals surface area (Å²) in [6.45, 7) is 2.13. The minimum absolute atomic E-state index is 0.165. The highest BCUT2D eigenvalue weighted by Crippen LogP contribution is 2.18. The normalized spacial score (nSPS) is 12.3. The minimum Gasteiger partial charge on any atom is -0.497 e. The lowest BCUT2D eigenvalue weighted by Crippen LogP contribution is -2.10. The van der Waals surface area contributed by atoms with Crippen LogP contribution in [-0.2, 0) is 6.42 Å². The molecule has 0 aliphatic rings. The SMILES string of the molecule is CCCC[C@H](N)c1nc(Cc2cccc(OC)c2)no1. The van der Waals surface area contributed by atoms with Crippen LogP contribution < -0.4 is 10.5 Å². The van der Waals surface area contributed by atoms with Crippen molar-refractivity contribution in [2.75, 3.05) is 7.11 Å². The molecule has 1 atom stereocenters. The van der Waals surface area contributed by atoms with E-state index in [9.17, 15) is 0 Å². The monoisotopic (exact) mass is 275 g/mol. The van der Waals surface area contributed by atoms with E-state index in [0.717, 1.165) is 30.6 Å². The molecule has 5 heteroatoms. The number of nitrogens with zero attached hydrogens (tertiary/aromatic N) is 2. The Kier molecular flexibility index (Phi) is 5.12. The zero-order valence-electron chi connectivity index (χ0n) is 12.0. The number of rotatable bonds is 7. The number of nitrogens with two attached hydrogens (primary N) is 1. The average molecular weight is 275 g/mol. The molecule has 1 aromatic heterocycles. The first-order valence-electron chi connectivity index (χ1n) is 6.94. The third-order valence-electron chi connectivity index (χ3n) is 3.17. The molecule has 0 unspecified atom stereocenters. The second-order valence-electron chi connectivity index (χ2n) is 4.83. The van der Waals surface area contributed by atoms with Gasteiger partial charge in [-0.15, -0.1) is 0 Å². The predicted molar refractivity (Wildman–Crippen MR) is 76.6 cm³/mol. The Morgan fingerprint density at radius 2 is 2.25 bits per heavy atom. The van der Waals surface area contributed by atoms with Crippen LogP contribution in [-0.4, -0.2) is 17.3 Å². The van der Waals surface area contributed by atoms with Gasteiger partial charge < -0.3 is 15.0 Å². The Hall–Kier alpha value is -1.88. The molecule has 0 aliphatic carbocycles. The van der Waals surface area contributed by atoms with Crippen LogP contribution in [0, 0.1) is 0 Å². The van der Waals surface area contributed by atoms with Crippen molar-refractivity contribution in [3.05, 3.63) is 41.5 Å². The van der Waals surface area contributed by atoms with E-state index in [2.05, 4.69) is 17.1 Å². The minimum atomic E-state index is -0.165. The van der Waals surface area contributed by atoms with E-state index < -0.39 is 0 Å². The van der Waals surface area contributed by atoms with E-state index >= 15 is 0 Å². The number of methoxy groups -OCH3 is 1. The summed E-state index contributed by atoms with van der Waals surface area (Å²) in [4.78, 5) is 4.37. The lowest BCUT2D eigenvalue weighted by atomic mass is 10.1. The van der Waals surface area contributed by atoms with Gasteiger partial charge in [0.1, 0.15) is 5.75 Å². The van der Waals surface area contributed by atoms with Crippen molar-refractivity contribution in [3.63, 3.8) is 0 Å². The topological polar surface area (TPSA) is 74.2 Å². The Morgan fingerprint density at radius 3 is 3.00 bits per heavy atom. The van der Waals surface area contributed by atoms with Crippen LogP contribution >= 0.6 is 0 Å². The van der Waals surface area contributed by atoms with Crippen molar-refractivity contribution in [1.82, 2.24) is 10.1 Å². The lowest BCUT2D eigenvalue weighted by molar-refractivity contribution is 0.343. The predicted octanol–water partition coefficient (Wildman–Crippen LogP) is 2.86. The number of aromatic nitrogens is 2. The van der Waals surface area contributed by atoms with E-state index in [4.69, 9.17) is 15.0 Å². The summed E-state index contributed by atoms with van der Waals surface area (Å²) in [5.41, 5.74) is 7.10. The standard InChI is InChI=1S/C15H21N3O2/c1-3-4-8-13(16)15-17-14(18-20-15)10-11-6-5-7-12(9-11)19-2/h5-7,9,13H,3-4,8,10,16H2,1-2H3/t13-/m0/s1. The van der Waals surface area contributed by atoms with Gasteiger partial charge in [0.05, 0.1) is 13.2 Å². The van der Waals surface area contributed by atoms with E-state index in [1.807, 2.05) is 24.3 Å². The Morgan fingerprint density at radius 1 is 1.40 bits per heavy atom. The summed E-state index contributed by atoms with van der Waals surface area (Å²) in [6, 6.07) is 7.66. The smallest absolute Gasteiger partial charge is 0.243 e. The average Bonchev–Trinajstić information content (AvgIpc) is 2.93. The summed E-state index contributed by atoms with van der Waals surface area (Å²) in [5.74, 6) is 2.00. The van der Waals surface area contributed by atoms with Crippen molar-refractivity contribution in [2.45, 2.75) is 38.6 Å². The molecule has 5 nitrogen and oxygen atoms in total. The summed E-state index contributed by atoms with van der Waals surface area (Å²) in [7, 11) is 1.65. The summed E-state index contributed by atoms with van der Waals surface area (Å²) in [6.07, 6.45) is 3.66. The summed E-state index contributed by atoms with van der Waals surface area (Å²) < 4.78 is 10.4. The Bertz CT molecular complexity index is 539. The van der Waals surface area contributed by atoms with E-state index in [-0.39, 0.29) is 6.04 Å². The molecule has 0 aliphatic heterocycles. The molecule has 20 heavy (non-hydrogen) atoms. The van der Waals surface area contributed by atoms with Crippen LogP contribution in [0.4, 0.5) is 0 Å². The quantitative estimate of drug-likeness (QED) is 0.841. The number of hydrogen-bond acceptors (Lipinski definition) is 5. The number of ether oxygens (including phenoxy) is 1. The molecule has 0 spiro atoms. The zero-order valence-corrected chi connectivity index (χ0v) is 12.0. The van der Waals surface area contributed by atoms with Crippen LogP contribution in [0.3, 0.4) is 0 Å². The van der Waals surface area contributed by atoms with Gasteiger partial charge in [-0.3, -0.25) is 0 Å². The largest absolute Gasteiger partial charge is 0.497 e. The zero-order chi connectivity index (χ0) is 14.4. The van der Waals surface area contributed by atoms with Gasteiger partial charge in [-0.05, 0) is 24.1 Å². The molecule has 0 saturated carbocycles. The molecule has 0 amide bonds. The second kappa shape index (κ2) is 7.05. The molecule has 0 radical (unpaired) electrons. The van der Waals surface area contributed by atoms with Gasteiger partial charge in [0.15, 0.2) is 5.82 Å². The molecule has 0 saturated heterocycles. The van der Waals surface area contributed by atoms with Crippen LogP contribution in [0.1, 0.15) is 49.5 Å². The molecule has 2 N–H and O–H groups in total. The second-order valence-corrected chi connectivity index (χ2v) is 4.83. The number of unbranched alkanes of at least 4 members (excludes halogenated alkanes) is 1. The molecule has 0 fully saturated rings. The molecular formula is C15H21N3O2. The van der Waals surface area contributed by atoms with E-state index in [1.54, 1.807) is 7.11 Å². The Balaban J connectivity index is 2.01. The first-order chi connectivity index (χ1) is 9.72. The summed E-state index contributed by atoms with van der Waals surface area (Å²) >= 11 is 0. The van der Waals surface area contributed by atoms with Gasteiger partial charge >= 0.3 is 0 Å². The van der Waals surface area contributed by atoms with Crippen molar-refractivity contribution < 1.29 is 9.26 Å². The van der Waals surface area contributed by atoms with Gasteiger partial charge in [0.2, 0.25) is 5.89 Å². The highest BCUT2D eigenvalue weighted by molar-refractivity contribution is 5.30. The molecule has 0 bridgehead atoms. The highest BCUT2D eigenvalue weighted by Gasteiger charge is 2.14. The molecular weight excluding hydrogens is 254 g/mol. The van der Waals surface area contributed by atoms with Crippen LogP contribution in [0.25, 0.3) is 0 Å². The lowest BCUT2D eigenvalue weighted by Gasteiger charge is -2.04. The maximum Gasteiger partial charge on any atom is 0.243 e. The molecule has 2 rings (SSSR count). The molecule has 108 valence electrons. The number of hydrogen-bond donors (Lipinski definition) is 1. The van der Waals surface area contributed by atoms with Gasteiger partial charge in [0, 0.05) is 6.42 Å². The maximum atomic E-state index is 6.02. The van der Waals surface area contributed by atoms with Crippen molar-refractivity contribution >= 4 is 0 Å². The molecule has 2 aromatic rings. The van der Waals surface area contributed by atoms with Crippen molar-refractivity contribution in [1.29, 1.82) is 0 Å². The fourth-order valence-corrected chi connectivity index (χ4v) is 2.00. The third-order valence-corrected chi connectivity index (χ3v) is 3.17. The first kappa shape index (κ1) is 14.5. The van der Waals surface area contributed by atoms with Gasteiger partial charge in [-0.1, -0.05) is 37.1 Å². The Labute approximate surface area is 119 Å². The van der Waals surface area contributed by atoms with Gasteiger partial charge in [-0.2, -0.15) is 4.98 Å². The first-order valence-corrected chi connectivity index (χ1v) is 6.94. The fraction of sp³-hybridized carbons (Fsp3) is 0.467. The van der Waals surface area contributed by atoms with Crippen LogP contribution in [0.5, 0.6) is 5.75 Å². The molecule has 1 aromatic carbocycles. The third kappa shape index (κ3) is 3.81. The van der Waals surface area contributed by atoms with E-state index in [0.29, 0.717) is 18.1 Å². The number of benzene rings is 1. The molecule has 1 heterocycles. The van der Waals surface area contributed by atoms with Gasteiger partial charge in [0.25, 0.3) is 0 Å². The van der Waals surface area contributed by atoms with E-state index in [1.165, 1.54) is 0 Å². The van der Waals surface area contributed by atoms with Crippen molar-refractivity contribution in [2.24, 2.45) is 5.73 Å². The van der Waals surface area contributed by atoms with Crippen molar-refractivity contribution in [3.8, 4) is 5.75 Å².